The molecule has 3 heterocycles. The predicted molar refractivity (Wildman–Crippen MR) is 200 cm³/mol. The Morgan fingerprint density at radius 1 is 0.981 bits per heavy atom. The average Bonchev–Trinajstić information content (AvgIpc) is 3.79. The first-order chi connectivity index (χ1) is 25.4. The molecule has 284 valence electrons. The van der Waals surface area contributed by atoms with E-state index in [1.807, 2.05) is 31.2 Å². The fraction of sp³-hybridized carbons (Fsp3) is 0.432. The number of amides is 3. The zero-order valence-electron chi connectivity index (χ0n) is 30.1. The Morgan fingerprint density at radius 2 is 1.68 bits per heavy atom. The number of benzene rings is 2. The number of aryl methyl sites for hydroxylation is 1. The summed E-state index contributed by atoms with van der Waals surface area (Å²) in [7, 11) is 0. The number of ether oxygens (including phenoxy) is 3. The number of unbranched alkanes of at least 4 members (excludes halogenated alkanes) is 1. The minimum absolute atomic E-state index is 0.0136. The lowest BCUT2D eigenvalue weighted by Crippen LogP contribution is -2.37. The van der Waals surface area contributed by atoms with Crippen LogP contribution in [-0.2, 0) is 19.1 Å². The molecule has 0 spiro atoms. The molecule has 0 aliphatic carbocycles. The smallest absolute Gasteiger partial charge is 0.408 e. The highest BCUT2D eigenvalue weighted by Crippen LogP contribution is 2.36. The van der Waals surface area contributed by atoms with Crippen LogP contribution in [0.25, 0.3) is 21.7 Å². The lowest BCUT2D eigenvalue weighted by molar-refractivity contribution is -0.123. The van der Waals surface area contributed by atoms with E-state index in [1.54, 1.807) is 43.0 Å². The molecular weight excluding hydrogens is 727 g/mol. The van der Waals surface area contributed by atoms with Gasteiger partial charge in [0.05, 0.1) is 47.5 Å². The Kier molecular flexibility index (Phi) is 13.7. The van der Waals surface area contributed by atoms with Gasteiger partial charge in [-0.05, 0) is 63.8 Å². The van der Waals surface area contributed by atoms with Gasteiger partial charge in [-0.2, -0.15) is 4.39 Å². The second-order valence-corrected chi connectivity index (χ2v) is 15.0. The van der Waals surface area contributed by atoms with E-state index in [4.69, 9.17) is 14.2 Å². The molecule has 3 N–H and O–H groups in total. The minimum atomic E-state index is -1.20. The minimum Gasteiger partial charge on any atom is -0.480 e. The summed E-state index contributed by atoms with van der Waals surface area (Å²) in [4.78, 5) is 50.1. The SMILES string of the molecule is Cc1ncsc1-c1ccc([C@H](CC(=O)NCCCCNC(=O)COc2c(-c3csc(N4CCOCC4)n3)ccc(F)c2F)NC(=O)OC(C)(C)C)cc1. The Morgan fingerprint density at radius 3 is 2.34 bits per heavy atom. The molecule has 12 nitrogen and oxygen atoms in total. The predicted octanol–water partition coefficient (Wildman–Crippen LogP) is 6.40. The van der Waals surface area contributed by atoms with Gasteiger partial charge in [0.1, 0.15) is 5.60 Å². The number of alkyl carbamates (subject to hydrolysis) is 1. The number of thiazole rings is 2. The number of carbonyl (C=O) groups is 3. The van der Waals surface area contributed by atoms with E-state index in [0.717, 1.165) is 32.9 Å². The summed E-state index contributed by atoms with van der Waals surface area (Å²) in [5, 5.41) is 10.9. The van der Waals surface area contributed by atoms with Crippen LogP contribution in [0.2, 0.25) is 0 Å². The Balaban J connectivity index is 1.07. The lowest BCUT2D eigenvalue weighted by atomic mass is 10.0. The molecule has 0 unspecified atom stereocenters. The number of carbonyl (C=O) groups excluding carboxylic acids is 3. The van der Waals surface area contributed by atoms with Gasteiger partial charge in [0, 0.05) is 37.1 Å². The number of morpholine rings is 1. The van der Waals surface area contributed by atoms with Gasteiger partial charge in [0.2, 0.25) is 11.7 Å². The quantitative estimate of drug-likeness (QED) is 0.117. The maximum atomic E-state index is 14.9. The van der Waals surface area contributed by atoms with Crippen molar-refractivity contribution in [2.45, 2.75) is 58.6 Å². The third kappa shape index (κ3) is 11.4. The average molecular weight is 771 g/mol. The largest absolute Gasteiger partial charge is 0.480 e. The number of hydrogen-bond acceptors (Lipinski definition) is 11. The van der Waals surface area contributed by atoms with Crippen molar-refractivity contribution >= 4 is 45.7 Å². The monoisotopic (exact) mass is 770 g/mol. The first-order valence-electron chi connectivity index (χ1n) is 17.3. The molecule has 0 bridgehead atoms. The van der Waals surface area contributed by atoms with Crippen molar-refractivity contribution in [2.24, 2.45) is 0 Å². The van der Waals surface area contributed by atoms with Crippen molar-refractivity contribution in [2.75, 3.05) is 50.9 Å². The highest BCUT2D eigenvalue weighted by atomic mass is 32.1. The fourth-order valence-electron chi connectivity index (χ4n) is 5.46. The summed E-state index contributed by atoms with van der Waals surface area (Å²) in [5.74, 6) is -3.45. The summed E-state index contributed by atoms with van der Waals surface area (Å²) < 4.78 is 45.3. The van der Waals surface area contributed by atoms with Crippen LogP contribution in [0.5, 0.6) is 5.75 Å². The van der Waals surface area contributed by atoms with Crippen LogP contribution in [0, 0.1) is 18.6 Å². The summed E-state index contributed by atoms with van der Waals surface area (Å²) in [6.07, 6.45) is 0.445. The van der Waals surface area contributed by atoms with E-state index in [1.165, 1.54) is 17.4 Å². The van der Waals surface area contributed by atoms with E-state index in [2.05, 4.69) is 30.8 Å². The Labute approximate surface area is 315 Å². The number of nitrogens with one attached hydrogen (secondary N) is 3. The van der Waals surface area contributed by atoms with E-state index < -0.39 is 41.9 Å². The van der Waals surface area contributed by atoms with Crippen LogP contribution in [-0.4, -0.2) is 79.5 Å². The third-order valence-electron chi connectivity index (χ3n) is 8.10. The van der Waals surface area contributed by atoms with Crippen LogP contribution in [0.1, 0.15) is 57.3 Å². The molecule has 4 aromatic rings. The highest BCUT2D eigenvalue weighted by Gasteiger charge is 2.24. The molecule has 5 rings (SSSR count). The molecule has 2 aromatic carbocycles. The van der Waals surface area contributed by atoms with E-state index in [-0.39, 0.29) is 30.2 Å². The van der Waals surface area contributed by atoms with Crippen molar-refractivity contribution in [1.82, 2.24) is 25.9 Å². The number of rotatable bonds is 15. The maximum Gasteiger partial charge on any atom is 0.408 e. The summed E-state index contributed by atoms with van der Waals surface area (Å²) in [5.41, 5.74) is 4.41. The van der Waals surface area contributed by atoms with Crippen LogP contribution in [0.3, 0.4) is 0 Å². The van der Waals surface area contributed by atoms with Crippen molar-refractivity contribution in [3.8, 4) is 27.4 Å². The molecule has 1 atom stereocenters. The van der Waals surface area contributed by atoms with E-state index in [0.29, 0.717) is 51.4 Å². The molecule has 3 amide bonds. The normalized spacial score (nSPS) is 13.7. The van der Waals surface area contributed by atoms with Crippen LogP contribution in [0.15, 0.2) is 47.3 Å². The van der Waals surface area contributed by atoms with Gasteiger partial charge in [-0.3, -0.25) is 9.59 Å². The van der Waals surface area contributed by atoms with Crippen molar-refractivity contribution in [3.05, 3.63) is 70.2 Å². The zero-order chi connectivity index (χ0) is 38.0. The van der Waals surface area contributed by atoms with E-state index in [9.17, 15) is 23.2 Å². The maximum absolute atomic E-state index is 14.9. The van der Waals surface area contributed by atoms with Gasteiger partial charge in [-0.15, -0.1) is 22.7 Å². The topological polar surface area (TPSA) is 144 Å². The number of hydrogen-bond donors (Lipinski definition) is 3. The number of aromatic nitrogens is 2. The van der Waals surface area contributed by atoms with Gasteiger partial charge < -0.3 is 35.1 Å². The zero-order valence-corrected chi connectivity index (χ0v) is 31.8. The second kappa shape index (κ2) is 18.4. The molecule has 1 fully saturated rings. The van der Waals surface area contributed by atoms with Crippen molar-refractivity contribution in [3.63, 3.8) is 0 Å². The lowest BCUT2D eigenvalue weighted by Gasteiger charge is -2.26. The standard InChI is InChI=1S/C37H44F2N6O6S2/c1-23-34(53-22-42-23)25-9-7-24(8-10-25)28(44-36(48)51-37(2,3)4)19-30(46)40-13-5-6-14-41-31(47)20-50-33-26(11-12-27(38)32(33)39)29-21-52-35(43-29)45-15-17-49-18-16-45/h7-12,21-22,28H,5-6,13-20H2,1-4H3,(H,40,46)(H,41,47)(H,44,48)/t28-/m0/s1. The summed E-state index contributed by atoms with van der Waals surface area (Å²) in [6, 6.07) is 9.38. The fourth-order valence-corrected chi connectivity index (χ4v) is 7.15. The van der Waals surface area contributed by atoms with Gasteiger partial charge >= 0.3 is 6.09 Å². The highest BCUT2D eigenvalue weighted by molar-refractivity contribution is 7.14. The number of halogens is 2. The molecular formula is C37H44F2N6O6S2. The van der Waals surface area contributed by atoms with Crippen LogP contribution < -0.4 is 25.6 Å². The summed E-state index contributed by atoms with van der Waals surface area (Å²) >= 11 is 2.92. The Bertz CT molecular complexity index is 1860. The molecule has 1 aliphatic rings. The van der Waals surface area contributed by atoms with Gasteiger partial charge in [0.25, 0.3) is 5.91 Å². The van der Waals surface area contributed by atoms with Crippen LogP contribution >= 0.6 is 22.7 Å². The van der Waals surface area contributed by atoms with Gasteiger partial charge in [0.15, 0.2) is 23.3 Å². The van der Waals surface area contributed by atoms with Crippen LogP contribution in [0.4, 0.5) is 18.7 Å². The number of nitrogens with zero attached hydrogens (tertiary/aromatic N) is 3. The molecule has 0 saturated carbocycles. The van der Waals surface area contributed by atoms with Gasteiger partial charge in [-0.25, -0.2) is 19.2 Å². The molecule has 0 radical (unpaired) electrons. The van der Waals surface area contributed by atoms with Crippen molar-refractivity contribution < 1.29 is 37.4 Å². The summed E-state index contributed by atoms with van der Waals surface area (Å²) in [6.45, 7) is 9.85. The second-order valence-electron chi connectivity index (χ2n) is 13.3. The van der Waals surface area contributed by atoms with E-state index >= 15 is 0 Å². The Hall–Kier alpha value is -4.67. The molecule has 16 heteroatoms. The molecule has 1 saturated heterocycles. The van der Waals surface area contributed by atoms with Crippen molar-refractivity contribution in [1.29, 1.82) is 0 Å². The first kappa shape index (κ1) is 39.5. The molecule has 53 heavy (non-hydrogen) atoms. The van der Waals surface area contributed by atoms with Gasteiger partial charge in [-0.1, -0.05) is 24.3 Å². The third-order valence-corrected chi connectivity index (χ3v) is 9.98. The molecule has 2 aromatic heterocycles. The number of anilines is 1. The molecule has 1 aliphatic heterocycles. The first-order valence-corrected chi connectivity index (χ1v) is 19.1.